The predicted octanol–water partition coefficient (Wildman–Crippen LogP) is 3.03. The van der Waals surface area contributed by atoms with E-state index in [1.807, 2.05) is 12.1 Å². The zero-order chi connectivity index (χ0) is 9.97. The summed E-state index contributed by atoms with van der Waals surface area (Å²) in [4.78, 5) is 0. The van der Waals surface area contributed by atoms with Gasteiger partial charge in [0.1, 0.15) is 0 Å². The van der Waals surface area contributed by atoms with Crippen LogP contribution < -0.4 is 5.73 Å². The number of hydrogen-bond acceptors (Lipinski definition) is 1. The largest absolute Gasteiger partial charge is 0.321 e. The minimum Gasteiger partial charge on any atom is -0.321 e. The molecule has 0 heterocycles. The lowest BCUT2D eigenvalue weighted by molar-refractivity contribution is 0.917. The first kappa shape index (κ1) is 8.97. The lowest BCUT2D eigenvalue weighted by atomic mass is 10.0. The zero-order valence-corrected chi connectivity index (χ0v) is 7.98. The average Bonchev–Trinajstić information content (AvgIpc) is 2.27. The standard InChI is InChI=1S/C13H13N/c1-2-13(14)12-8-7-10-5-3-4-6-11(10)9-12/h2-9,13H,1,14H2/t13-/m0/s1. The van der Waals surface area contributed by atoms with Crippen molar-refractivity contribution in [2.75, 3.05) is 0 Å². The molecule has 1 heteroatoms. The Balaban J connectivity index is 2.56. The van der Waals surface area contributed by atoms with E-state index in [0.29, 0.717) is 0 Å². The molecule has 0 radical (unpaired) electrons. The molecule has 0 amide bonds. The first-order valence-corrected chi connectivity index (χ1v) is 4.68. The molecule has 0 aliphatic carbocycles. The van der Waals surface area contributed by atoms with Gasteiger partial charge in [-0.3, -0.25) is 0 Å². The quantitative estimate of drug-likeness (QED) is 0.711. The van der Waals surface area contributed by atoms with Crippen molar-refractivity contribution >= 4 is 10.8 Å². The van der Waals surface area contributed by atoms with Crippen molar-refractivity contribution in [1.82, 2.24) is 0 Å². The van der Waals surface area contributed by atoms with Gasteiger partial charge in [0, 0.05) is 6.04 Å². The predicted molar refractivity (Wildman–Crippen MR) is 61.1 cm³/mol. The minimum atomic E-state index is -0.0698. The summed E-state index contributed by atoms with van der Waals surface area (Å²) in [7, 11) is 0. The lowest BCUT2D eigenvalue weighted by Gasteiger charge is -2.07. The van der Waals surface area contributed by atoms with Crippen molar-refractivity contribution in [2.45, 2.75) is 6.04 Å². The topological polar surface area (TPSA) is 26.0 Å². The molecule has 2 rings (SSSR count). The number of benzene rings is 2. The van der Waals surface area contributed by atoms with Crippen LogP contribution in [0.3, 0.4) is 0 Å². The average molecular weight is 183 g/mol. The van der Waals surface area contributed by atoms with E-state index in [1.165, 1.54) is 10.8 Å². The van der Waals surface area contributed by atoms with Crippen LogP contribution in [-0.2, 0) is 0 Å². The van der Waals surface area contributed by atoms with E-state index in [4.69, 9.17) is 5.73 Å². The molecule has 0 bridgehead atoms. The third-order valence-corrected chi connectivity index (χ3v) is 2.41. The highest BCUT2D eigenvalue weighted by atomic mass is 14.6. The molecule has 0 fully saturated rings. The fourth-order valence-electron chi connectivity index (χ4n) is 1.55. The summed E-state index contributed by atoms with van der Waals surface area (Å²) in [6.07, 6.45) is 1.75. The fourth-order valence-corrected chi connectivity index (χ4v) is 1.55. The van der Waals surface area contributed by atoms with E-state index in [-0.39, 0.29) is 6.04 Å². The summed E-state index contributed by atoms with van der Waals surface area (Å²) >= 11 is 0. The van der Waals surface area contributed by atoms with Gasteiger partial charge in [0.05, 0.1) is 0 Å². The van der Waals surface area contributed by atoms with Gasteiger partial charge >= 0.3 is 0 Å². The molecular formula is C13H13N. The first-order valence-electron chi connectivity index (χ1n) is 4.68. The van der Waals surface area contributed by atoms with Crippen LogP contribution in [-0.4, -0.2) is 0 Å². The van der Waals surface area contributed by atoms with Gasteiger partial charge in [0.15, 0.2) is 0 Å². The Kier molecular flexibility index (Phi) is 2.33. The molecule has 0 spiro atoms. The number of fused-ring (bicyclic) bond motifs is 1. The van der Waals surface area contributed by atoms with Crippen molar-refractivity contribution in [1.29, 1.82) is 0 Å². The second-order valence-electron chi connectivity index (χ2n) is 3.37. The van der Waals surface area contributed by atoms with E-state index in [9.17, 15) is 0 Å². The van der Waals surface area contributed by atoms with Crippen LogP contribution >= 0.6 is 0 Å². The van der Waals surface area contributed by atoms with Crippen LogP contribution in [0.2, 0.25) is 0 Å². The molecular weight excluding hydrogens is 170 g/mol. The highest BCUT2D eigenvalue weighted by Crippen LogP contribution is 2.19. The Morgan fingerprint density at radius 1 is 1.07 bits per heavy atom. The molecule has 1 atom stereocenters. The third-order valence-electron chi connectivity index (χ3n) is 2.41. The molecule has 0 unspecified atom stereocenters. The minimum absolute atomic E-state index is 0.0698. The molecule has 1 nitrogen and oxygen atoms in total. The Hall–Kier alpha value is -1.60. The normalized spacial score (nSPS) is 12.6. The smallest absolute Gasteiger partial charge is 0.0478 e. The molecule has 2 N–H and O–H groups in total. The number of rotatable bonds is 2. The summed E-state index contributed by atoms with van der Waals surface area (Å²) in [6, 6.07) is 14.4. The van der Waals surface area contributed by atoms with Gasteiger partial charge in [0.25, 0.3) is 0 Å². The van der Waals surface area contributed by atoms with Gasteiger partial charge in [-0.15, -0.1) is 6.58 Å². The molecule has 0 aliphatic rings. The van der Waals surface area contributed by atoms with Gasteiger partial charge in [-0.1, -0.05) is 42.5 Å². The molecule has 70 valence electrons. The highest BCUT2D eigenvalue weighted by molar-refractivity contribution is 5.83. The maximum Gasteiger partial charge on any atom is 0.0478 e. The van der Waals surface area contributed by atoms with Crippen LogP contribution in [0.1, 0.15) is 11.6 Å². The third kappa shape index (κ3) is 1.54. The molecule has 0 saturated heterocycles. The van der Waals surface area contributed by atoms with E-state index >= 15 is 0 Å². The molecule has 0 aliphatic heterocycles. The van der Waals surface area contributed by atoms with Gasteiger partial charge in [-0.2, -0.15) is 0 Å². The monoisotopic (exact) mass is 183 g/mol. The van der Waals surface area contributed by atoms with Crippen molar-refractivity contribution in [2.24, 2.45) is 5.73 Å². The Morgan fingerprint density at radius 3 is 2.50 bits per heavy atom. The summed E-state index contributed by atoms with van der Waals surface area (Å²) in [5.41, 5.74) is 6.98. The maximum absolute atomic E-state index is 5.87. The first-order chi connectivity index (χ1) is 6.81. The van der Waals surface area contributed by atoms with Crippen molar-refractivity contribution in [3.63, 3.8) is 0 Å². The molecule has 0 saturated carbocycles. The Bertz CT molecular complexity index is 459. The number of hydrogen-bond donors (Lipinski definition) is 1. The zero-order valence-electron chi connectivity index (χ0n) is 7.98. The van der Waals surface area contributed by atoms with Crippen molar-refractivity contribution in [3.8, 4) is 0 Å². The van der Waals surface area contributed by atoms with Gasteiger partial charge in [-0.25, -0.2) is 0 Å². The van der Waals surface area contributed by atoms with E-state index < -0.39 is 0 Å². The van der Waals surface area contributed by atoms with Crippen LogP contribution in [0.15, 0.2) is 55.1 Å². The van der Waals surface area contributed by atoms with Gasteiger partial charge in [0.2, 0.25) is 0 Å². The summed E-state index contributed by atoms with van der Waals surface area (Å²) in [5.74, 6) is 0. The van der Waals surface area contributed by atoms with Crippen LogP contribution in [0, 0.1) is 0 Å². The second kappa shape index (κ2) is 3.64. The maximum atomic E-state index is 5.87. The summed E-state index contributed by atoms with van der Waals surface area (Å²) in [5, 5.41) is 2.47. The SMILES string of the molecule is C=C[C@H](N)c1ccc2ccccc2c1. The Morgan fingerprint density at radius 2 is 1.79 bits per heavy atom. The fraction of sp³-hybridized carbons (Fsp3) is 0.0769. The Labute approximate surface area is 83.9 Å². The van der Waals surface area contributed by atoms with Crippen LogP contribution in [0.4, 0.5) is 0 Å². The van der Waals surface area contributed by atoms with Crippen molar-refractivity contribution < 1.29 is 0 Å². The highest BCUT2D eigenvalue weighted by Gasteiger charge is 2.01. The lowest BCUT2D eigenvalue weighted by Crippen LogP contribution is -2.05. The molecule has 0 aromatic heterocycles. The summed E-state index contributed by atoms with van der Waals surface area (Å²) < 4.78 is 0. The molecule has 2 aromatic carbocycles. The second-order valence-corrected chi connectivity index (χ2v) is 3.37. The van der Waals surface area contributed by atoms with Crippen molar-refractivity contribution in [3.05, 3.63) is 60.7 Å². The molecule has 2 aromatic rings. The summed E-state index contributed by atoms with van der Waals surface area (Å²) in [6.45, 7) is 3.69. The van der Waals surface area contributed by atoms with Crippen LogP contribution in [0.5, 0.6) is 0 Å². The van der Waals surface area contributed by atoms with E-state index in [0.717, 1.165) is 5.56 Å². The van der Waals surface area contributed by atoms with E-state index in [1.54, 1.807) is 6.08 Å². The van der Waals surface area contributed by atoms with Crippen LogP contribution in [0.25, 0.3) is 10.8 Å². The van der Waals surface area contributed by atoms with Gasteiger partial charge in [-0.05, 0) is 22.4 Å². The molecule has 14 heavy (non-hydrogen) atoms. The number of nitrogens with two attached hydrogens (primary N) is 1. The van der Waals surface area contributed by atoms with E-state index in [2.05, 4.69) is 36.9 Å². The van der Waals surface area contributed by atoms with Gasteiger partial charge < -0.3 is 5.73 Å².